The van der Waals surface area contributed by atoms with Gasteiger partial charge in [0.1, 0.15) is 0 Å². The van der Waals surface area contributed by atoms with Crippen molar-refractivity contribution in [2.75, 3.05) is 36.4 Å². The fourth-order valence-electron chi connectivity index (χ4n) is 3.54. The van der Waals surface area contributed by atoms with Crippen LogP contribution in [0.1, 0.15) is 30.9 Å². The number of anilines is 3. The minimum absolute atomic E-state index is 0.525. The highest BCUT2D eigenvalue weighted by Gasteiger charge is 2.19. The molecule has 3 aromatic rings. The zero-order chi connectivity index (χ0) is 20.1. The third-order valence-electron chi connectivity index (χ3n) is 5.30. The van der Waals surface area contributed by atoms with Crippen molar-refractivity contribution >= 4 is 17.5 Å². The highest BCUT2D eigenvalue weighted by atomic mass is 15.4. The first kappa shape index (κ1) is 19.3. The van der Waals surface area contributed by atoms with E-state index in [4.69, 9.17) is 0 Å². The molecule has 0 spiro atoms. The van der Waals surface area contributed by atoms with Crippen LogP contribution in [0.15, 0.2) is 60.8 Å². The van der Waals surface area contributed by atoms with Gasteiger partial charge in [-0.1, -0.05) is 56.3 Å². The Balaban J connectivity index is 1.35. The first-order valence-electron chi connectivity index (χ1n) is 10.3. The molecule has 29 heavy (non-hydrogen) atoms. The lowest BCUT2D eigenvalue weighted by atomic mass is 10.0. The third kappa shape index (κ3) is 5.09. The molecular formula is C23H28N6. The summed E-state index contributed by atoms with van der Waals surface area (Å²) >= 11 is 0. The Bertz CT molecular complexity index is 902. The average molecular weight is 389 g/mol. The maximum atomic E-state index is 4.68. The lowest BCUT2D eigenvalue weighted by Crippen LogP contribution is -2.46. The van der Waals surface area contributed by atoms with E-state index < -0.39 is 0 Å². The monoisotopic (exact) mass is 388 g/mol. The molecule has 0 atom stereocenters. The molecule has 1 fully saturated rings. The van der Waals surface area contributed by atoms with Gasteiger partial charge in [0.25, 0.3) is 0 Å². The standard InChI is InChI=1S/C23H28N6/c1-18(2)20-8-10-21(11-9-20)25-22-16-24-27-23(26-22)29-14-12-28(13-15-29)17-19-6-4-3-5-7-19/h3-11,16,18H,12-15,17H2,1-2H3,(H,25,26,27). The molecule has 4 rings (SSSR count). The van der Waals surface area contributed by atoms with Gasteiger partial charge in [0.2, 0.25) is 5.95 Å². The zero-order valence-electron chi connectivity index (χ0n) is 17.1. The molecule has 1 aromatic heterocycles. The van der Waals surface area contributed by atoms with E-state index in [2.05, 4.69) is 98.7 Å². The van der Waals surface area contributed by atoms with Crippen molar-refractivity contribution in [2.45, 2.75) is 26.3 Å². The molecule has 1 aliphatic heterocycles. The predicted octanol–water partition coefficient (Wildman–Crippen LogP) is 4.06. The quantitative estimate of drug-likeness (QED) is 0.687. The summed E-state index contributed by atoms with van der Waals surface area (Å²) in [5.74, 6) is 1.93. The van der Waals surface area contributed by atoms with Crippen molar-refractivity contribution in [3.63, 3.8) is 0 Å². The number of hydrogen-bond acceptors (Lipinski definition) is 6. The fourth-order valence-corrected chi connectivity index (χ4v) is 3.54. The summed E-state index contributed by atoms with van der Waals surface area (Å²) in [5, 5.41) is 11.8. The average Bonchev–Trinajstić information content (AvgIpc) is 2.76. The SMILES string of the molecule is CC(C)c1ccc(Nc2cnnc(N3CCN(Cc4ccccc4)CC3)n2)cc1. The Hall–Kier alpha value is -2.99. The van der Waals surface area contributed by atoms with E-state index in [1.807, 2.05) is 0 Å². The van der Waals surface area contributed by atoms with Crippen molar-refractivity contribution < 1.29 is 0 Å². The van der Waals surface area contributed by atoms with E-state index >= 15 is 0 Å². The summed E-state index contributed by atoms with van der Waals surface area (Å²) in [7, 11) is 0. The van der Waals surface area contributed by atoms with Crippen molar-refractivity contribution in [3.05, 3.63) is 71.9 Å². The highest BCUT2D eigenvalue weighted by molar-refractivity contribution is 5.56. The molecule has 0 saturated carbocycles. The molecule has 0 radical (unpaired) electrons. The second-order valence-electron chi connectivity index (χ2n) is 7.79. The van der Waals surface area contributed by atoms with Crippen LogP contribution in [-0.4, -0.2) is 46.3 Å². The summed E-state index contributed by atoms with van der Waals surface area (Å²) < 4.78 is 0. The minimum atomic E-state index is 0.525. The van der Waals surface area contributed by atoms with Crippen LogP contribution in [0.5, 0.6) is 0 Å². The van der Waals surface area contributed by atoms with E-state index in [-0.39, 0.29) is 0 Å². The van der Waals surface area contributed by atoms with Crippen LogP contribution in [0.4, 0.5) is 17.5 Å². The second kappa shape index (κ2) is 9.01. The van der Waals surface area contributed by atoms with Crippen LogP contribution in [0.2, 0.25) is 0 Å². The zero-order valence-corrected chi connectivity index (χ0v) is 17.1. The summed E-state index contributed by atoms with van der Waals surface area (Å²) in [5.41, 5.74) is 3.69. The van der Waals surface area contributed by atoms with Crippen molar-refractivity contribution in [1.82, 2.24) is 20.1 Å². The van der Waals surface area contributed by atoms with E-state index in [9.17, 15) is 0 Å². The Morgan fingerprint density at radius 1 is 0.931 bits per heavy atom. The number of rotatable bonds is 6. The van der Waals surface area contributed by atoms with Crippen LogP contribution in [-0.2, 0) is 6.54 Å². The molecule has 1 aliphatic rings. The van der Waals surface area contributed by atoms with Crippen LogP contribution in [0.3, 0.4) is 0 Å². The maximum absolute atomic E-state index is 4.68. The first-order valence-corrected chi connectivity index (χ1v) is 10.3. The van der Waals surface area contributed by atoms with Gasteiger partial charge in [-0.25, -0.2) is 0 Å². The Labute approximate surface area is 172 Å². The number of hydrogen-bond donors (Lipinski definition) is 1. The molecule has 0 unspecified atom stereocenters. The van der Waals surface area contributed by atoms with Gasteiger partial charge in [-0.15, -0.1) is 5.10 Å². The van der Waals surface area contributed by atoms with Crippen molar-refractivity contribution in [2.24, 2.45) is 0 Å². The molecule has 2 heterocycles. The van der Waals surface area contributed by atoms with E-state index in [0.717, 1.165) is 44.2 Å². The number of piperazine rings is 1. The smallest absolute Gasteiger partial charge is 0.247 e. The van der Waals surface area contributed by atoms with Gasteiger partial charge in [0, 0.05) is 38.4 Å². The van der Waals surface area contributed by atoms with Gasteiger partial charge >= 0.3 is 0 Å². The van der Waals surface area contributed by atoms with Gasteiger partial charge in [0.05, 0.1) is 6.20 Å². The molecular weight excluding hydrogens is 360 g/mol. The summed E-state index contributed by atoms with van der Waals surface area (Å²) in [6.07, 6.45) is 1.67. The Morgan fingerprint density at radius 3 is 2.34 bits per heavy atom. The Morgan fingerprint density at radius 2 is 1.66 bits per heavy atom. The van der Waals surface area contributed by atoms with Crippen LogP contribution in [0.25, 0.3) is 0 Å². The van der Waals surface area contributed by atoms with Gasteiger partial charge < -0.3 is 10.2 Å². The minimum Gasteiger partial charge on any atom is -0.339 e. The summed E-state index contributed by atoms with van der Waals surface area (Å²) in [6, 6.07) is 19.1. The molecule has 150 valence electrons. The molecule has 1 saturated heterocycles. The van der Waals surface area contributed by atoms with Crippen molar-refractivity contribution in [1.29, 1.82) is 0 Å². The first-order chi connectivity index (χ1) is 14.2. The van der Waals surface area contributed by atoms with Crippen molar-refractivity contribution in [3.8, 4) is 0 Å². The number of nitrogens with zero attached hydrogens (tertiary/aromatic N) is 5. The lowest BCUT2D eigenvalue weighted by Gasteiger charge is -2.34. The number of aromatic nitrogens is 3. The van der Waals surface area contributed by atoms with Crippen LogP contribution >= 0.6 is 0 Å². The number of benzene rings is 2. The lowest BCUT2D eigenvalue weighted by molar-refractivity contribution is 0.248. The summed E-state index contributed by atoms with van der Waals surface area (Å²) in [6.45, 7) is 9.17. The molecule has 0 bridgehead atoms. The van der Waals surface area contributed by atoms with Crippen LogP contribution < -0.4 is 10.2 Å². The molecule has 2 aromatic carbocycles. The Kier molecular flexibility index (Phi) is 6.00. The van der Waals surface area contributed by atoms with Gasteiger partial charge in [-0.3, -0.25) is 4.90 Å². The van der Waals surface area contributed by atoms with Gasteiger partial charge in [-0.2, -0.15) is 10.1 Å². The van der Waals surface area contributed by atoms with Gasteiger partial charge in [0.15, 0.2) is 5.82 Å². The summed E-state index contributed by atoms with van der Waals surface area (Å²) in [4.78, 5) is 9.36. The topological polar surface area (TPSA) is 57.2 Å². The molecule has 6 heteroatoms. The van der Waals surface area contributed by atoms with Crippen LogP contribution in [0, 0.1) is 0 Å². The normalized spacial score (nSPS) is 14.9. The van der Waals surface area contributed by atoms with Gasteiger partial charge in [-0.05, 0) is 29.2 Å². The molecule has 0 aliphatic carbocycles. The fraction of sp³-hybridized carbons (Fsp3) is 0.348. The maximum Gasteiger partial charge on any atom is 0.247 e. The van der Waals surface area contributed by atoms with E-state index in [1.54, 1.807) is 6.20 Å². The largest absolute Gasteiger partial charge is 0.339 e. The molecule has 1 N–H and O–H groups in total. The van der Waals surface area contributed by atoms with E-state index in [0.29, 0.717) is 11.9 Å². The predicted molar refractivity (Wildman–Crippen MR) is 118 cm³/mol. The second-order valence-corrected chi connectivity index (χ2v) is 7.79. The molecule has 0 amide bonds. The third-order valence-corrected chi connectivity index (χ3v) is 5.30. The molecule has 6 nitrogen and oxygen atoms in total. The van der Waals surface area contributed by atoms with E-state index in [1.165, 1.54) is 11.1 Å². The highest BCUT2D eigenvalue weighted by Crippen LogP contribution is 2.20. The number of nitrogens with one attached hydrogen (secondary N) is 1.